The third kappa shape index (κ3) is 10.1. The van der Waals surface area contributed by atoms with Gasteiger partial charge in [-0.15, -0.1) is 0 Å². The Morgan fingerprint density at radius 2 is 1.20 bits per heavy atom. The average Bonchev–Trinajstić information content (AvgIpc) is 2.76. The van der Waals surface area contributed by atoms with E-state index in [1.54, 1.807) is 0 Å². The predicted octanol–water partition coefficient (Wildman–Crippen LogP) is 8.44. The molecule has 3 nitrogen and oxygen atoms in total. The van der Waals surface area contributed by atoms with Gasteiger partial charge in [-0.05, 0) is 17.9 Å². The van der Waals surface area contributed by atoms with Crippen LogP contribution in [0.1, 0.15) is 96.8 Å². The summed E-state index contributed by atoms with van der Waals surface area (Å²) in [4.78, 5) is 12.2. The van der Waals surface area contributed by atoms with Gasteiger partial charge in [-0.3, -0.25) is 0 Å². The number of hydrogen-bond donors (Lipinski definition) is 2. The molecule has 0 heterocycles. The second-order valence-corrected chi connectivity index (χ2v) is 8.50. The first-order valence-electron chi connectivity index (χ1n) is 12.3. The molecule has 0 radical (unpaired) electrons. The maximum atomic E-state index is 12.2. The van der Waals surface area contributed by atoms with E-state index in [1.807, 2.05) is 30.3 Å². The molecule has 0 aliphatic carbocycles. The molecule has 0 saturated heterocycles. The Morgan fingerprint density at radius 3 is 1.83 bits per heavy atom. The lowest BCUT2D eigenvalue weighted by atomic mass is 10.0. The molecular weight excluding hydrogens is 368 g/mol. The van der Waals surface area contributed by atoms with Crippen molar-refractivity contribution in [2.75, 3.05) is 11.9 Å². The summed E-state index contributed by atoms with van der Waals surface area (Å²) in [6.45, 7) is 3.02. The van der Waals surface area contributed by atoms with E-state index in [9.17, 15) is 4.79 Å². The van der Waals surface area contributed by atoms with Crippen molar-refractivity contribution in [3.8, 4) is 0 Å². The number of nitrogens with one attached hydrogen (secondary N) is 2. The highest BCUT2D eigenvalue weighted by atomic mass is 16.2. The molecule has 0 unspecified atom stereocenters. The predicted molar refractivity (Wildman–Crippen MR) is 131 cm³/mol. The fourth-order valence-electron chi connectivity index (χ4n) is 4.02. The number of fused-ring (bicyclic) bond motifs is 1. The van der Waals surface area contributed by atoms with Crippen LogP contribution in [0, 0.1) is 0 Å². The molecule has 30 heavy (non-hydrogen) atoms. The zero-order valence-corrected chi connectivity index (χ0v) is 19.1. The summed E-state index contributed by atoms with van der Waals surface area (Å²) in [5.41, 5.74) is 0.867. The molecule has 2 amide bonds. The van der Waals surface area contributed by atoms with E-state index in [-0.39, 0.29) is 6.03 Å². The van der Waals surface area contributed by atoms with E-state index in [2.05, 4.69) is 29.7 Å². The molecular formula is C27H42N2O. The van der Waals surface area contributed by atoms with Gasteiger partial charge < -0.3 is 10.6 Å². The van der Waals surface area contributed by atoms with Crippen molar-refractivity contribution in [1.82, 2.24) is 5.32 Å². The highest BCUT2D eigenvalue weighted by Crippen LogP contribution is 2.22. The lowest BCUT2D eigenvalue weighted by Gasteiger charge is -2.10. The molecule has 0 bridgehead atoms. The average molecular weight is 411 g/mol. The molecule has 0 aliphatic heterocycles. The number of hydrogen-bond acceptors (Lipinski definition) is 1. The van der Waals surface area contributed by atoms with Gasteiger partial charge in [-0.1, -0.05) is 127 Å². The summed E-state index contributed by atoms with van der Waals surface area (Å²) >= 11 is 0. The summed E-state index contributed by atoms with van der Waals surface area (Å²) in [6.07, 6.45) is 18.9. The third-order valence-corrected chi connectivity index (χ3v) is 5.85. The maximum absolute atomic E-state index is 12.2. The zero-order valence-electron chi connectivity index (χ0n) is 19.1. The molecule has 0 atom stereocenters. The van der Waals surface area contributed by atoms with Crippen LogP contribution in [0.3, 0.4) is 0 Å². The van der Waals surface area contributed by atoms with Gasteiger partial charge in [-0.2, -0.15) is 0 Å². The van der Waals surface area contributed by atoms with Crippen LogP contribution in [0.25, 0.3) is 10.8 Å². The largest absolute Gasteiger partial charge is 0.338 e. The molecule has 2 N–H and O–H groups in total. The van der Waals surface area contributed by atoms with Gasteiger partial charge >= 0.3 is 6.03 Å². The van der Waals surface area contributed by atoms with Gasteiger partial charge in [0.1, 0.15) is 0 Å². The minimum Gasteiger partial charge on any atom is -0.338 e. The van der Waals surface area contributed by atoms with E-state index in [0.717, 1.165) is 29.4 Å². The number of amides is 2. The topological polar surface area (TPSA) is 41.1 Å². The van der Waals surface area contributed by atoms with Crippen molar-refractivity contribution in [3.05, 3.63) is 42.5 Å². The SMILES string of the molecule is CCCCCCCCCCCCCCCCNC(=O)Nc1cccc2ccccc12. The zero-order chi connectivity index (χ0) is 21.3. The van der Waals surface area contributed by atoms with Crippen molar-refractivity contribution in [2.45, 2.75) is 96.8 Å². The smallest absolute Gasteiger partial charge is 0.319 e. The van der Waals surface area contributed by atoms with Gasteiger partial charge in [0.2, 0.25) is 0 Å². The Kier molecular flexibility index (Phi) is 12.7. The first kappa shape index (κ1) is 24.2. The van der Waals surface area contributed by atoms with Crippen molar-refractivity contribution >= 4 is 22.5 Å². The van der Waals surface area contributed by atoms with Crippen LogP contribution < -0.4 is 10.6 Å². The number of anilines is 1. The summed E-state index contributed by atoms with van der Waals surface area (Å²) in [7, 11) is 0. The second kappa shape index (κ2) is 15.8. The summed E-state index contributed by atoms with van der Waals surface area (Å²) < 4.78 is 0. The van der Waals surface area contributed by atoms with Gasteiger partial charge in [-0.25, -0.2) is 4.79 Å². The molecule has 0 aromatic heterocycles. The van der Waals surface area contributed by atoms with E-state index in [4.69, 9.17) is 0 Å². The highest BCUT2D eigenvalue weighted by Gasteiger charge is 2.04. The van der Waals surface area contributed by atoms with Crippen LogP contribution in [0.2, 0.25) is 0 Å². The molecule has 3 heteroatoms. The molecule has 2 aromatic carbocycles. The quantitative estimate of drug-likeness (QED) is 0.268. The van der Waals surface area contributed by atoms with E-state index >= 15 is 0 Å². The van der Waals surface area contributed by atoms with Crippen LogP contribution in [0.15, 0.2) is 42.5 Å². The van der Waals surface area contributed by atoms with Crippen LogP contribution >= 0.6 is 0 Å². The number of carbonyl (C=O) groups is 1. The van der Waals surface area contributed by atoms with E-state index in [1.165, 1.54) is 83.5 Å². The van der Waals surface area contributed by atoms with Crippen molar-refractivity contribution in [3.63, 3.8) is 0 Å². The van der Waals surface area contributed by atoms with Crippen LogP contribution in [-0.4, -0.2) is 12.6 Å². The summed E-state index contributed by atoms with van der Waals surface area (Å²) in [5.74, 6) is 0. The molecule has 0 aliphatic rings. The number of urea groups is 1. The lowest BCUT2D eigenvalue weighted by molar-refractivity contribution is 0.252. The van der Waals surface area contributed by atoms with E-state index < -0.39 is 0 Å². The molecule has 2 rings (SSSR count). The van der Waals surface area contributed by atoms with Crippen LogP contribution in [-0.2, 0) is 0 Å². The van der Waals surface area contributed by atoms with Gasteiger partial charge in [0.05, 0.1) is 5.69 Å². The highest BCUT2D eigenvalue weighted by molar-refractivity contribution is 6.01. The Morgan fingerprint density at radius 1 is 0.667 bits per heavy atom. The maximum Gasteiger partial charge on any atom is 0.319 e. The number of carbonyl (C=O) groups excluding carboxylic acids is 1. The van der Waals surface area contributed by atoms with Crippen LogP contribution in [0.4, 0.5) is 10.5 Å². The summed E-state index contributed by atoms with van der Waals surface area (Å²) in [5, 5.41) is 8.19. The van der Waals surface area contributed by atoms with E-state index in [0.29, 0.717) is 0 Å². The fraction of sp³-hybridized carbons (Fsp3) is 0.593. The van der Waals surface area contributed by atoms with Crippen LogP contribution in [0.5, 0.6) is 0 Å². The first-order valence-corrected chi connectivity index (χ1v) is 12.3. The van der Waals surface area contributed by atoms with Gasteiger partial charge in [0.25, 0.3) is 0 Å². The standard InChI is InChI=1S/C27H42N2O/c1-2-3-4-5-6-7-8-9-10-11-12-13-14-17-23-28-27(30)29-26-22-18-20-24-19-15-16-21-25(24)26/h15-16,18-22H,2-14,17,23H2,1H3,(H2,28,29,30). The Balaban J connectivity index is 1.41. The minimum absolute atomic E-state index is 0.110. The lowest BCUT2D eigenvalue weighted by Crippen LogP contribution is -2.29. The molecule has 0 saturated carbocycles. The number of benzene rings is 2. The second-order valence-electron chi connectivity index (χ2n) is 8.50. The number of rotatable bonds is 16. The van der Waals surface area contributed by atoms with Crippen molar-refractivity contribution in [2.24, 2.45) is 0 Å². The molecule has 0 fully saturated rings. The minimum atomic E-state index is -0.110. The summed E-state index contributed by atoms with van der Waals surface area (Å²) in [6, 6.07) is 14.0. The Hall–Kier alpha value is -2.03. The molecule has 166 valence electrons. The Bertz CT molecular complexity index is 708. The Labute approximate surface area is 184 Å². The van der Waals surface area contributed by atoms with Gasteiger partial charge in [0, 0.05) is 11.9 Å². The number of unbranched alkanes of at least 4 members (excludes halogenated alkanes) is 13. The van der Waals surface area contributed by atoms with Crippen molar-refractivity contribution in [1.29, 1.82) is 0 Å². The molecule has 0 spiro atoms. The third-order valence-electron chi connectivity index (χ3n) is 5.85. The first-order chi connectivity index (χ1) is 14.8. The van der Waals surface area contributed by atoms with Gasteiger partial charge in [0.15, 0.2) is 0 Å². The normalized spacial score (nSPS) is 11.0. The fourth-order valence-corrected chi connectivity index (χ4v) is 4.02. The monoisotopic (exact) mass is 410 g/mol. The molecule has 2 aromatic rings. The van der Waals surface area contributed by atoms with Crippen molar-refractivity contribution < 1.29 is 4.79 Å².